The molecule has 32 heavy (non-hydrogen) atoms. The first-order chi connectivity index (χ1) is 15.1. The molecule has 0 aliphatic heterocycles. The number of rotatable bonds is 13. The summed E-state index contributed by atoms with van der Waals surface area (Å²) in [5, 5.41) is 35.1. The number of benzene rings is 1. The molecule has 0 bridgehead atoms. The molecule has 1 aromatic rings. The van der Waals surface area contributed by atoms with Gasteiger partial charge in [-0.15, -0.1) is 0 Å². The van der Waals surface area contributed by atoms with Crippen molar-refractivity contribution in [1.29, 1.82) is 0 Å². The Hall–Kier alpha value is -2.83. The third-order valence-electron chi connectivity index (χ3n) is 4.52. The molecule has 0 aliphatic rings. The van der Waals surface area contributed by atoms with Crippen molar-refractivity contribution in [1.82, 2.24) is 16.0 Å². The minimum absolute atomic E-state index is 0.0178. The molecule has 8 N–H and O–H groups in total. The lowest BCUT2D eigenvalue weighted by Gasteiger charge is -2.23. The lowest BCUT2D eigenvalue weighted by Crippen LogP contribution is -2.57. The topological polar surface area (TPSA) is 191 Å². The summed E-state index contributed by atoms with van der Waals surface area (Å²) in [6.07, 6.45) is 2.04. The molecule has 0 aliphatic carbocycles. The van der Waals surface area contributed by atoms with Crippen LogP contribution in [0.15, 0.2) is 24.3 Å². The van der Waals surface area contributed by atoms with Crippen LogP contribution in [-0.2, 0) is 25.6 Å². The number of carboxylic acid groups (broad SMARTS) is 1. The second-order valence-corrected chi connectivity index (χ2v) is 8.12. The number of thioether (sulfide) groups is 1. The first-order valence-electron chi connectivity index (χ1n) is 9.86. The zero-order valence-electron chi connectivity index (χ0n) is 17.9. The van der Waals surface area contributed by atoms with Crippen LogP contribution >= 0.6 is 11.8 Å². The number of carbonyl (C=O) groups excluding carboxylic acids is 3. The molecular formula is C20H30N4O7S. The van der Waals surface area contributed by atoms with E-state index < -0.39 is 54.5 Å². The summed E-state index contributed by atoms with van der Waals surface area (Å²) in [5.74, 6) is -2.76. The average molecular weight is 471 g/mol. The van der Waals surface area contributed by atoms with E-state index in [2.05, 4.69) is 16.0 Å². The molecule has 0 spiro atoms. The Labute approximate surface area is 190 Å². The normalized spacial score (nSPS) is 14.5. The first-order valence-corrected chi connectivity index (χ1v) is 11.3. The van der Waals surface area contributed by atoms with E-state index in [4.69, 9.17) is 10.8 Å². The molecule has 4 unspecified atom stereocenters. The van der Waals surface area contributed by atoms with Gasteiger partial charge in [-0.25, -0.2) is 4.79 Å². The maximum absolute atomic E-state index is 12.8. The standard InChI is InChI=1S/C20H30N4O7S/c1-11(22-18(28)14(21)10-25)17(27)23-15(7-8-32-2)19(29)24-16(20(30)31)9-12-3-5-13(26)6-4-12/h3-6,11,14-16,25-26H,7-10,21H2,1-2H3,(H,22,28)(H,23,27)(H,24,29)(H,30,31). The van der Waals surface area contributed by atoms with Crippen molar-refractivity contribution in [3.63, 3.8) is 0 Å². The van der Waals surface area contributed by atoms with Gasteiger partial charge in [-0.3, -0.25) is 14.4 Å². The van der Waals surface area contributed by atoms with Crippen LogP contribution in [-0.4, -0.2) is 81.8 Å². The number of carboxylic acids is 1. The van der Waals surface area contributed by atoms with Crippen molar-refractivity contribution in [2.75, 3.05) is 18.6 Å². The number of nitrogens with one attached hydrogen (secondary N) is 3. The zero-order chi connectivity index (χ0) is 24.3. The van der Waals surface area contributed by atoms with Crippen molar-refractivity contribution in [2.45, 2.75) is 43.9 Å². The van der Waals surface area contributed by atoms with E-state index >= 15 is 0 Å². The van der Waals surface area contributed by atoms with Crippen LogP contribution in [0.25, 0.3) is 0 Å². The molecule has 12 heteroatoms. The van der Waals surface area contributed by atoms with Gasteiger partial charge in [0.25, 0.3) is 0 Å². The van der Waals surface area contributed by atoms with Gasteiger partial charge in [0.15, 0.2) is 0 Å². The Kier molecular flexibility index (Phi) is 11.5. The Balaban J connectivity index is 2.83. The third-order valence-corrected chi connectivity index (χ3v) is 5.16. The van der Waals surface area contributed by atoms with Gasteiger partial charge in [-0.2, -0.15) is 11.8 Å². The van der Waals surface area contributed by atoms with Gasteiger partial charge in [-0.1, -0.05) is 12.1 Å². The number of phenolic OH excluding ortho intramolecular Hbond substituents is 1. The summed E-state index contributed by atoms with van der Waals surface area (Å²) in [7, 11) is 0. The van der Waals surface area contributed by atoms with Crippen molar-refractivity contribution in [3.05, 3.63) is 29.8 Å². The van der Waals surface area contributed by atoms with Crippen molar-refractivity contribution in [3.8, 4) is 5.75 Å². The van der Waals surface area contributed by atoms with Crippen LogP contribution in [0, 0.1) is 0 Å². The number of aliphatic carboxylic acids is 1. The molecule has 0 fully saturated rings. The summed E-state index contributed by atoms with van der Waals surface area (Å²) >= 11 is 1.44. The fourth-order valence-corrected chi connectivity index (χ4v) is 3.08. The van der Waals surface area contributed by atoms with Crippen LogP contribution in [0.1, 0.15) is 18.9 Å². The van der Waals surface area contributed by atoms with E-state index in [0.717, 1.165) is 0 Å². The number of nitrogens with two attached hydrogens (primary N) is 1. The lowest BCUT2D eigenvalue weighted by molar-refractivity contribution is -0.142. The van der Waals surface area contributed by atoms with Gasteiger partial charge in [0.1, 0.15) is 29.9 Å². The quantitative estimate of drug-likeness (QED) is 0.181. The molecule has 0 aromatic heterocycles. The molecule has 178 valence electrons. The smallest absolute Gasteiger partial charge is 0.326 e. The monoisotopic (exact) mass is 470 g/mol. The van der Waals surface area contributed by atoms with Gasteiger partial charge in [0.2, 0.25) is 17.7 Å². The highest BCUT2D eigenvalue weighted by Gasteiger charge is 2.28. The lowest BCUT2D eigenvalue weighted by atomic mass is 10.0. The maximum Gasteiger partial charge on any atom is 0.326 e. The molecule has 4 atom stereocenters. The minimum Gasteiger partial charge on any atom is -0.508 e. The van der Waals surface area contributed by atoms with Crippen molar-refractivity contribution < 1.29 is 34.5 Å². The highest BCUT2D eigenvalue weighted by Crippen LogP contribution is 2.12. The van der Waals surface area contributed by atoms with Crippen LogP contribution in [0.3, 0.4) is 0 Å². The van der Waals surface area contributed by atoms with Crippen LogP contribution in [0.4, 0.5) is 0 Å². The Bertz CT molecular complexity index is 791. The highest BCUT2D eigenvalue weighted by molar-refractivity contribution is 7.98. The van der Waals surface area contributed by atoms with Crippen LogP contribution in [0.2, 0.25) is 0 Å². The number of phenols is 1. The molecule has 0 saturated heterocycles. The predicted octanol–water partition coefficient (Wildman–Crippen LogP) is -1.43. The molecule has 3 amide bonds. The predicted molar refractivity (Wildman–Crippen MR) is 119 cm³/mol. The number of amides is 3. The number of aromatic hydroxyl groups is 1. The molecule has 11 nitrogen and oxygen atoms in total. The fraction of sp³-hybridized carbons (Fsp3) is 0.500. The second-order valence-electron chi connectivity index (χ2n) is 7.13. The van der Waals surface area contributed by atoms with E-state index in [1.807, 2.05) is 6.26 Å². The van der Waals surface area contributed by atoms with Crippen molar-refractivity contribution >= 4 is 35.5 Å². The Morgan fingerprint density at radius 1 is 1.00 bits per heavy atom. The molecular weight excluding hydrogens is 440 g/mol. The van der Waals surface area contributed by atoms with Gasteiger partial charge in [-0.05, 0) is 43.0 Å². The first kappa shape index (κ1) is 27.2. The number of aliphatic hydroxyl groups is 1. The van der Waals surface area contributed by atoms with E-state index in [9.17, 15) is 29.4 Å². The minimum atomic E-state index is -1.25. The summed E-state index contributed by atoms with van der Waals surface area (Å²) in [6, 6.07) is 1.43. The molecule has 1 rings (SSSR count). The van der Waals surface area contributed by atoms with Gasteiger partial charge in [0.05, 0.1) is 6.61 Å². The summed E-state index contributed by atoms with van der Waals surface area (Å²) in [4.78, 5) is 48.6. The van der Waals surface area contributed by atoms with Gasteiger partial charge >= 0.3 is 5.97 Å². The van der Waals surface area contributed by atoms with Crippen LogP contribution in [0.5, 0.6) is 5.75 Å². The fourth-order valence-electron chi connectivity index (χ4n) is 2.61. The Morgan fingerprint density at radius 3 is 2.12 bits per heavy atom. The third kappa shape index (κ3) is 9.12. The zero-order valence-corrected chi connectivity index (χ0v) is 18.7. The number of carbonyl (C=O) groups is 4. The molecule has 0 saturated carbocycles. The summed E-state index contributed by atoms with van der Waals surface area (Å²) in [6.45, 7) is 0.808. The molecule has 0 heterocycles. The van der Waals surface area contributed by atoms with E-state index in [1.165, 1.54) is 30.8 Å². The van der Waals surface area contributed by atoms with E-state index in [-0.39, 0.29) is 18.6 Å². The molecule has 1 aromatic carbocycles. The second kappa shape index (κ2) is 13.6. The molecule has 0 radical (unpaired) electrons. The number of aliphatic hydroxyl groups excluding tert-OH is 1. The summed E-state index contributed by atoms with van der Waals surface area (Å²) in [5.41, 5.74) is 6.00. The largest absolute Gasteiger partial charge is 0.508 e. The maximum atomic E-state index is 12.8. The van der Waals surface area contributed by atoms with Crippen molar-refractivity contribution in [2.24, 2.45) is 5.73 Å². The number of hydrogen-bond acceptors (Lipinski definition) is 8. The van der Waals surface area contributed by atoms with Crippen LogP contribution < -0.4 is 21.7 Å². The van der Waals surface area contributed by atoms with Gasteiger partial charge < -0.3 is 37.0 Å². The summed E-state index contributed by atoms with van der Waals surface area (Å²) < 4.78 is 0. The van der Waals surface area contributed by atoms with E-state index in [0.29, 0.717) is 11.3 Å². The SMILES string of the molecule is CSCCC(NC(=O)C(C)NC(=O)C(N)CO)C(=O)NC(Cc1ccc(O)cc1)C(=O)O. The van der Waals surface area contributed by atoms with Gasteiger partial charge in [0, 0.05) is 6.42 Å². The average Bonchev–Trinajstić information content (AvgIpc) is 2.76. The Morgan fingerprint density at radius 2 is 1.59 bits per heavy atom. The highest BCUT2D eigenvalue weighted by atomic mass is 32.2. The number of hydrogen-bond donors (Lipinski definition) is 7. The van der Waals surface area contributed by atoms with E-state index in [1.54, 1.807) is 12.1 Å².